The number of rotatable bonds is 6. The van der Waals surface area contributed by atoms with Gasteiger partial charge in [-0.05, 0) is 303 Å². The molecular weight excluding hydrogens is 1690 g/mol. The van der Waals surface area contributed by atoms with Gasteiger partial charge in [-0.1, -0.05) is 358 Å². The lowest BCUT2D eigenvalue weighted by Crippen LogP contribution is -2.28. The molecule has 4 unspecified atom stereocenters. The van der Waals surface area contributed by atoms with Crippen LogP contribution in [0.5, 0.6) is 0 Å². The minimum atomic E-state index is -0.174. The van der Waals surface area contributed by atoms with Gasteiger partial charge in [0.2, 0.25) is 0 Å². The second-order valence-corrected chi connectivity index (χ2v) is 55.0. The van der Waals surface area contributed by atoms with Crippen LogP contribution in [-0.4, -0.2) is 39.9 Å². The van der Waals surface area contributed by atoms with E-state index in [1.165, 1.54) is 89.0 Å². The zero-order chi connectivity index (χ0) is 99.9. The van der Waals surface area contributed by atoms with E-state index in [-0.39, 0.29) is 100 Å². The van der Waals surface area contributed by atoms with Crippen LogP contribution in [0.25, 0.3) is 158 Å². The minimum absolute atomic E-state index is 0.0866. The Kier molecular flexibility index (Phi) is 21.6. The van der Waals surface area contributed by atoms with E-state index in [0.717, 1.165) is 163 Å². The Morgan fingerprint density at radius 3 is 0.547 bits per heavy atom. The molecule has 0 saturated heterocycles. The lowest BCUT2D eigenvalue weighted by molar-refractivity contribution is 0.284. The van der Waals surface area contributed by atoms with Crippen LogP contribution >= 0.6 is 0 Å². The molecule has 2 fully saturated rings. The minimum Gasteiger partial charge on any atom is -0.355 e. The number of hydrogen-bond donors (Lipinski definition) is 4. The van der Waals surface area contributed by atoms with E-state index in [0.29, 0.717) is 0 Å². The summed E-state index contributed by atoms with van der Waals surface area (Å²) in [6.45, 7) is 85.0. The highest BCUT2D eigenvalue weighted by Gasteiger charge is 2.67. The van der Waals surface area contributed by atoms with Crippen LogP contribution in [0.1, 0.15) is 391 Å². The van der Waals surface area contributed by atoms with Gasteiger partial charge in [0.05, 0.1) is 45.6 Å². The summed E-state index contributed by atoms with van der Waals surface area (Å²) in [5.74, 6) is 0.762. The summed E-state index contributed by atoms with van der Waals surface area (Å²) >= 11 is 0. The van der Waals surface area contributed by atoms with Gasteiger partial charge >= 0.3 is 0 Å². The summed E-state index contributed by atoms with van der Waals surface area (Å²) in [5.41, 5.74) is 48.4. The van der Waals surface area contributed by atoms with E-state index in [1.807, 2.05) is 0 Å². The number of aromatic amines is 4. The van der Waals surface area contributed by atoms with Gasteiger partial charge in [-0.3, -0.25) is 0 Å². The number of H-pyrrole nitrogens is 4. The molecule has 4 atom stereocenters. The van der Waals surface area contributed by atoms with Crippen LogP contribution in [0.4, 0.5) is 0 Å². The molecule has 20 rings (SSSR count). The number of allylic oxidation sites excluding steroid dienone is 2. The van der Waals surface area contributed by atoms with E-state index in [9.17, 15) is 0 Å². The molecule has 4 aliphatic heterocycles. The van der Waals surface area contributed by atoms with Crippen LogP contribution < -0.4 is 0 Å². The highest BCUT2D eigenvalue weighted by atomic mass is 14.9. The number of hydrogen-bond acceptors (Lipinski definition) is 4. The van der Waals surface area contributed by atoms with Crippen molar-refractivity contribution in [2.24, 2.45) is 23.7 Å². The maximum absolute atomic E-state index is 6.45. The normalized spacial score (nSPS) is 18.4. The molecular formula is C131H152N8. The van der Waals surface area contributed by atoms with Crippen molar-refractivity contribution in [2.75, 3.05) is 0 Å². The maximum Gasteiger partial charge on any atom is 0.0740 e. The van der Waals surface area contributed by atoms with Crippen molar-refractivity contribution in [3.8, 4) is 66.8 Å². The van der Waals surface area contributed by atoms with E-state index >= 15 is 0 Å². The van der Waals surface area contributed by atoms with Crippen LogP contribution in [-0.2, 0) is 65.0 Å². The van der Waals surface area contributed by atoms with Gasteiger partial charge in [-0.15, -0.1) is 0 Å². The molecule has 18 bridgehead atoms. The first-order chi connectivity index (χ1) is 64.4. The number of fused-ring (bicyclic) bond motifs is 28. The summed E-state index contributed by atoms with van der Waals surface area (Å²) in [5, 5.41) is 0. The molecule has 8 aliphatic rings. The first-order valence-electron chi connectivity index (χ1n) is 51.8. The van der Waals surface area contributed by atoms with Gasteiger partial charge in [-0.2, -0.15) is 0 Å². The van der Waals surface area contributed by atoms with Crippen molar-refractivity contribution in [2.45, 2.75) is 332 Å². The van der Waals surface area contributed by atoms with Gasteiger partial charge in [0.15, 0.2) is 0 Å². The first kappa shape index (κ1) is 95.1. The molecule has 0 amide bonds. The molecule has 139 heavy (non-hydrogen) atoms. The van der Waals surface area contributed by atoms with Crippen molar-refractivity contribution in [1.29, 1.82) is 0 Å². The second-order valence-electron chi connectivity index (χ2n) is 55.0. The summed E-state index contributed by atoms with van der Waals surface area (Å²) in [6.07, 6.45) is 15.5. The highest BCUT2D eigenvalue weighted by molar-refractivity contribution is 6.05. The maximum atomic E-state index is 6.45. The third kappa shape index (κ3) is 16.7. The molecule has 4 aliphatic carbocycles. The Hall–Kier alpha value is -11.5. The average Bonchev–Trinajstić information content (AvgIpc) is 1.49. The Morgan fingerprint density at radius 2 is 0.360 bits per heavy atom. The number of nitrogens with zero attached hydrogens (tertiary/aromatic N) is 4. The molecule has 8 heteroatoms. The van der Waals surface area contributed by atoms with Gasteiger partial charge in [0.1, 0.15) is 0 Å². The Morgan fingerprint density at radius 1 is 0.194 bits per heavy atom. The molecule has 10 heterocycles. The molecule has 6 aromatic carbocycles. The smallest absolute Gasteiger partial charge is 0.0740 e. The van der Waals surface area contributed by atoms with E-state index in [1.54, 1.807) is 0 Å². The van der Waals surface area contributed by atoms with Crippen molar-refractivity contribution in [3.63, 3.8) is 0 Å². The fourth-order valence-corrected chi connectivity index (χ4v) is 23.6. The van der Waals surface area contributed by atoms with Crippen LogP contribution in [0, 0.1) is 23.7 Å². The largest absolute Gasteiger partial charge is 0.355 e. The zero-order valence-electron chi connectivity index (χ0n) is 90.4. The number of aromatic nitrogens is 8. The van der Waals surface area contributed by atoms with E-state index in [2.05, 4.69) is 463 Å². The van der Waals surface area contributed by atoms with E-state index in [4.69, 9.17) is 19.9 Å². The first-order valence-corrected chi connectivity index (χ1v) is 51.8. The van der Waals surface area contributed by atoms with Crippen molar-refractivity contribution in [3.05, 3.63) is 281 Å². The quantitative estimate of drug-likeness (QED) is 0.124. The SMILES string of the molecule is CC(C)(C)c1cc(-c2c3nc(c(-c4cc(C(C)(C)C)cc(C(C)(C)C)c4)c4ccc([nH]4)c4c5nc(c(-c6cc(C(C)(C)C)cc(C(C)(C)C)c6)c6ccc2[nH]6)C=C5C2C5CC(C42)C2c4c6nc(c(-c7cc(C(C)(C)C)cc(C(C)(C)C)c7)c7ccc([nH]7)c(-c7cc(C(C)(C)C)cc(C(C)(C)C)c7)c7nc(c(-c8cc(C(C)(C)C)cc(C(C)(C)C)c8)c8ccc4[nH]8)C=C7)C=C6C52)C=C3)cc(C(C)(C)C)c1. The van der Waals surface area contributed by atoms with Gasteiger partial charge in [-0.25, -0.2) is 19.9 Å². The lowest BCUT2D eigenvalue weighted by Gasteiger charge is -2.36. The van der Waals surface area contributed by atoms with Gasteiger partial charge in [0, 0.05) is 88.6 Å². The highest BCUT2D eigenvalue weighted by Crippen LogP contribution is 2.77. The van der Waals surface area contributed by atoms with Crippen LogP contribution in [0.3, 0.4) is 0 Å². The third-order valence-corrected chi connectivity index (χ3v) is 32.1. The van der Waals surface area contributed by atoms with Gasteiger partial charge in [0.25, 0.3) is 0 Å². The van der Waals surface area contributed by atoms with E-state index < -0.39 is 0 Å². The Labute approximate surface area is 830 Å². The van der Waals surface area contributed by atoms with Crippen molar-refractivity contribution < 1.29 is 0 Å². The molecule has 12 aromatic rings. The van der Waals surface area contributed by atoms with Crippen molar-refractivity contribution in [1.82, 2.24) is 39.9 Å². The van der Waals surface area contributed by atoms with Gasteiger partial charge < -0.3 is 19.9 Å². The Balaban J connectivity index is 0.924. The molecule has 0 radical (unpaired) electrons. The predicted octanol–water partition coefficient (Wildman–Crippen LogP) is 35.7. The Bertz CT molecular complexity index is 7060. The average molecular weight is 1840 g/mol. The molecule has 4 N–H and O–H groups in total. The second kappa shape index (κ2) is 31.5. The molecule has 716 valence electrons. The standard InChI is InChI=1S/C131H152N8/c1-120(2,3)76-49-70(50-77(61-76)121(4,5)6)106-92-37-39-94(132-92)108(72-53-80(124(13,14)15)63-81(54-72)125(16,17)18)98-45-47-102(136-98)116-114-89-67-88(112(114)90-68-104(138-118(90)116)110(100-43-41-96(106)134-100)74-57-84(128(25,26)27)65-85(58-74)129(28,29)30)113-91-69-105-111(75-59-86(130(31,32)33)66-87(60-75)131(34,35)36)101-44-42-97(135-101)107(71-51-78(122(7,8)9)62-79(52-71)123(10,11)12)93-38-40-95(133-93)109(99-46-48-103(137-99)117(115(89)113)119(91)139-105)73-55-82(126(19,20)21)64-83(56-73)127(22,23)24/h37-66,68-69,88-89,112-115,134-137H,67H2,1-36H3. The fourth-order valence-electron chi connectivity index (χ4n) is 23.6. The predicted molar refractivity (Wildman–Crippen MR) is 597 cm³/mol. The fraction of sp³-hybridized carbons (Fsp3) is 0.420. The van der Waals surface area contributed by atoms with Crippen LogP contribution in [0.2, 0.25) is 0 Å². The third-order valence-electron chi connectivity index (χ3n) is 32.1. The molecule has 2 saturated carbocycles. The van der Waals surface area contributed by atoms with Crippen LogP contribution in [0.15, 0.2) is 158 Å². The molecule has 8 nitrogen and oxygen atoms in total. The monoisotopic (exact) mass is 1840 g/mol. The zero-order valence-corrected chi connectivity index (χ0v) is 90.4. The molecule has 6 aromatic heterocycles. The lowest BCUT2D eigenvalue weighted by atomic mass is 9.67. The molecule has 0 spiro atoms. The summed E-state index contributed by atoms with van der Waals surface area (Å²) in [6, 6.07) is 63.6. The summed E-state index contributed by atoms with van der Waals surface area (Å²) in [4.78, 5) is 42.6. The van der Waals surface area contributed by atoms with Crippen molar-refractivity contribution >= 4 is 91.7 Å². The topological polar surface area (TPSA) is 115 Å². The summed E-state index contributed by atoms with van der Waals surface area (Å²) in [7, 11) is 0. The summed E-state index contributed by atoms with van der Waals surface area (Å²) < 4.78 is 0. The number of benzene rings is 6. The number of nitrogens with one attached hydrogen (secondary N) is 4.